The van der Waals surface area contributed by atoms with Crippen LogP contribution in [-0.4, -0.2) is 38.1 Å². The Bertz CT molecular complexity index is 1120. The second-order valence-corrected chi connectivity index (χ2v) is 8.51. The molecule has 0 aliphatic rings. The van der Waals surface area contributed by atoms with Crippen LogP contribution in [0, 0.1) is 13.8 Å². The number of aryl methyl sites for hydroxylation is 4. The molecule has 0 saturated carbocycles. The minimum Gasteiger partial charge on any atom is -0.444 e. The van der Waals surface area contributed by atoms with Crippen LogP contribution in [0.25, 0.3) is 0 Å². The van der Waals surface area contributed by atoms with Crippen molar-refractivity contribution in [3.05, 3.63) is 58.7 Å². The van der Waals surface area contributed by atoms with Crippen LogP contribution in [-0.2, 0) is 17.6 Å². The van der Waals surface area contributed by atoms with Crippen molar-refractivity contribution in [2.45, 2.75) is 53.1 Å². The van der Waals surface area contributed by atoms with E-state index in [1.54, 1.807) is 13.0 Å². The fourth-order valence-electron chi connectivity index (χ4n) is 3.11. The number of aromatic amines is 1. The van der Waals surface area contributed by atoms with E-state index in [-0.39, 0.29) is 0 Å². The molecule has 3 N–H and O–H groups in total. The molecule has 1 aromatic carbocycles. The van der Waals surface area contributed by atoms with Crippen molar-refractivity contribution in [1.82, 2.24) is 20.2 Å². The van der Waals surface area contributed by atoms with Gasteiger partial charge in [0.05, 0.1) is 0 Å². The van der Waals surface area contributed by atoms with Crippen molar-refractivity contribution in [2.75, 3.05) is 10.6 Å². The summed E-state index contributed by atoms with van der Waals surface area (Å²) < 4.78 is 5.32. The van der Waals surface area contributed by atoms with E-state index in [1.807, 2.05) is 52.0 Å². The largest absolute Gasteiger partial charge is 0.444 e. The first-order valence-corrected chi connectivity index (χ1v) is 10.3. The van der Waals surface area contributed by atoms with E-state index in [2.05, 4.69) is 30.8 Å². The summed E-state index contributed by atoms with van der Waals surface area (Å²) in [6.45, 7) is 9.24. The molecule has 0 saturated heterocycles. The lowest BCUT2D eigenvalue weighted by Crippen LogP contribution is -2.27. The Morgan fingerprint density at radius 3 is 2.59 bits per heavy atom. The first kappa shape index (κ1) is 22.9. The molecular weight excluding hydrogens is 408 g/mol. The van der Waals surface area contributed by atoms with Crippen molar-refractivity contribution in [3.8, 4) is 0 Å². The summed E-state index contributed by atoms with van der Waals surface area (Å²) in [5.41, 5.74) is 3.64. The van der Waals surface area contributed by atoms with Gasteiger partial charge in [-0.1, -0.05) is 6.07 Å². The SMILES string of the molecule is Cc1nc(C=O)cc(Nc2cc(CCc3cc(NC(=O)OC(C)(C)C)ccc3C)[nH]n2)n1. The Balaban J connectivity index is 1.62. The minimum atomic E-state index is -0.552. The van der Waals surface area contributed by atoms with Crippen molar-refractivity contribution in [2.24, 2.45) is 0 Å². The van der Waals surface area contributed by atoms with Gasteiger partial charge in [-0.15, -0.1) is 0 Å². The van der Waals surface area contributed by atoms with E-state index >= 15 is 0 Å². The van der Waals surface area contributed by atoms with Crippen LogP contribution >= 0.6 is 0 Å². The van der Waals surface area contributed by atoms with Gasteiger partial charge in [0.2, 0.25) is 0 Å². The van der Waals surface area contributed by atoms with Gasteiger partial charge in [-0.25, -0.2) is 14.8 Å². The van der Waals surface area contributed by atoms with Gasteiger partial charge in [-0.3, -0.25) is 15.2 Å². The number of H-pyrrole nitrogens is 1. The standard InChI is InChI=1S/C23H28N6O3/c1-14-6-8-17(26-22(31)32-23(3,4)5)10-16(14)7-9-18-11-21(29-28-18)27-20-12-19(13-30)24-15(2)25-20/h6,8,10-13H,7,9H2,1-5H3,(H,26,31)(H2,24,25,27,28,29). The first-order chi connectivity index (χ1) is 15.1. The Labute approximate surface area is 187 Å². The highest BCUT2D eigenvalue weighted by molar-refractivity contribution is 5.85. The number of carbonyl (C=O) groups is 2. The second kappa shape index (κ2) is 9.59. The van der Waals surface area contributed by atoms with Crippen molar-refractivity contribution in [1.29, 1.82) is 0 Å². The Morgan fingerprint density at radius 2 is 1.88 bits per heavy atom. The number of carbonyl (C=O) groups excluding carboxylic acids is 2. The van der Waals surface area contributed by atoms with Crippen LogP contribution in [0.4, 0.5) is 22.1 Å². The van der Waals surface area contributed by atoms with Gasteiger partial charge in [0.25, 0.3) is 0 Å². The molecule has 2 aromatic heterocycles. The molecule has 0 fully saturated rings. The fourth-order valence-corrected chi connectivity index (χ4v) is 3.11. The smallest absolute Gasteiger partial charge is 0.412 e. The molecule has 32 heavy (non-hydrogen) atoms. The predicted molar refractivity (Wildman–Crippen MR) is 122 cm³/mol. The molecule has 1 amide bonds. The van der Waals surface area contributed by atoms with E-state index in [4.69, 9.17) is 4.74 Å². The van der Waals surface area contributed by atoms with E-state index in [9.17, 15) is 9.59 Å². The van der Waals surface area contributed by atoms with Crippen molar-refractivity contribution >= 4 is 29.7 Å². The number of nitrogens with one attached hydrogen (secondary N) is 3. The van der Waals surface area contributed by atoms with Crippen LogP contribution in [0.5, 0.6) is 0 Å². The molecule has 9 heteroatoms. The minimum absolute atomic E-state index is 0.311. The Kier molecular flexibility index (Phi) is 6.87. The number of amides is 1. The van der Waals surface area contributed by atoms with E-state index in [0.717, 1.165) is 29.7 Å². The fraction of sp³-hybridized carbons (Fsp3) is 0.348. The zero-order valence-corrected chi connectivity index (χ0v) is 18.9. The number of aldehydes is 1. The third-order valence-corrected chi connectivity index (χ3v) is 4.52. The van der Waals surface area contributed by atoms with Gasteiger partial charge in [0.15, 0.2) is 12.1 Å². The lowest BCUT2D eigenvalue weighted by atomic mass is 10.0. The third-order valence-electron chi connectivity index (χ3n) is 4.52. The Hall–Kier alpha value is -3.75. The van der Waals surface area contributed by atoms with Crippen LogP contribution < -0.4 is 10.6 Å². The van der Waals surface area contributed by atoms with Crippen LogP contribution in [0.3, 0.4) is 0 Å². The second-order valence-electron chi connectivity index (χ2n) is 8.51. The molecule has 0 atom stereocenters. The molecule has 0 radical (unpaired) electrons. The molecule has 0 aliphatic heterocycles. The predicted octanol–water partition coefficient (Wildman–Crippen LogP) is 4.50. The summed E-state index contributed by atoms with van der Waals surface area (Å²) in [4.78, 5) is 31.3. The first-order valence-electron chi connectivity index (χ1n) is 10.3. The molecule has 2 heterocycles. The summed E-state index contributed by atoms with van der Waals surface area (Å²) in [5, 5.41) is 13.1. The summed E-state index contributed by atoms with van der Waals surface area (Å²) in [7, 11) is 0. The molecule has 9 nitrogen and oxygen atoms in total. The summed E-state index contributed by atoms with van der Waals surface area (Å²) in [6.07, 6.45) is 1.70. The summed E-state index contributed by atoms with van der Waals surface area (Å²) in [5.74, 6) is 1.62. The number of benzene rings is 1. The maximum Gasteiger partial charge on any atom is 0.412 e. The van der Waals surface area contributed by atoms with Gasteiger partial charge < -0.3 is 10.1 Å². The van der Waals surface area contributed by atoms with Gasteiger partial charge >= 0.3 is 6.09 Å². The number of hydrogen-bond acceptors (Lipinski definition) is 7. The van der Waals surface area contributed by atoms with Gasteiger partial charge in [0.1, 0.15) is 22.9 Å². The topological polar surface area (TPSA) is 122 Å². The zero-order valence-electron chi connectivity index (χ0n) is 18.9. The van der Waals surface area contributed by atoms with Crippen molar-refractivity contribution < 1.29 is 14.3 Å². The van der Waals surface area contributed by atoms with Gasteiger partial charge in [-0.05, 0) is 70.7 Å². The van der Waals surface area contributed by atoms with E-state index in [0.29, 0.717) is 35.1 Å². The summed E-state index contributed by atoms with van der Waals surface area (Å²) in [6, 6.07) is 9.26. The quantitative estimate of drug-likeness (QED) is 0.466. The molecule has 3 aromatic rings. The van der Waals surface area contributed by atoms with Crippen molar-refractivity contribution in [3.63, 3.8) is 0 Å². The Morgan fingerprint density at radius 1 is 1.09 bits per heavy atom. The molecular formula is C23H28N6O3. The number of hydrogen-bond donors (Lipinski definition) is 3. The number of nitrogens with zero attached hydrogens (tertiary/aromatic N) is 3. The normalized spacial score (nSPS) is 11.2. The third kappa shape index (κ3) is 6.63. The zero-order chi connectivity index (χ0) is 23.3. The average Bonchev–Trinajstić information content (AvgIpc) is 3.13. The highest BCUT2D eigenvalue weighted by Crippen LogP contribution is 2.20. The van der Waals surface area contributed by atoms with E-state index in [1.165, 1.54) is 0 Å². The summed E-state index contributed by atoms with van der Waals surface area (Å²) >= 11 is 0. The molecule has 0 spiro atoms. The molecule has 3 rings (SSSR count). The van der Waals surface area contributed by atoms with Crippen LogP contribution in [0.2, 0.25) is 0 Å². The number of ether oxygens (including phenoxy) is 1. The van der Waals surface area contributed by atoms with Gasteiger partial charge in [-0.2, -0.15) is 5.10 Å². The molecule has 0 aliphatic carbocycles. The average molecular weight is 437 g/mol. The molecule has 0 bridgehead atoms. The van der Waals surface area contributed by atoms with Crippen LogP contribution in [0.1, 0.15) is 53.9 Å². The number of anilines is 3. The number of rotatable bonds is 7. The molecule has 0 unspecified atom stereocenters. The lowest BCUT2D eigenvalue weighted by molar-refractivity contribution is 0.0636. The maximum atomic E-state index is 12.0. The highest BCUT2D eigenvalue weighted by atomic mass is 16.6. The van der Waals surface area contributed by atoms with Gasteiger partial charge in [0, 0.05) is 23.5 Å². The van der Waals surface area contributed by atoms with E-state index < -0.39 is 11.7 Å². The monoisotopic (exact) mass is 436 g/mol. The number of aromatic nitrogens is 4. The maximum absolute atomic E-state index is 12.0. The van der Waals surface area contributed by atoms with Crippen LogP contribution in [0.15, 0.2) is 30.3 Å². The highest BCUT2D eigenvalue weighted by Gasteiger charge is 2.16. The lowest BCUT2D eigenvalue weighted by Gasteiger charge is -2.20. The molecule has 168 valence electrons.